The Labute approximate surface area is 127 Å². The van der Waals surface area contributed by atoms with E-state index in [1.165, 1.54) is 23.5 Å². The number of hydrogen-bond donors (Lipinski definition) is 1. The Morgan fingerprint density at radius 2 is 2.19 bits per heavy atom. The van der Waals surface area contributed by atoms with Gasteiger partial charge in [0.05, 0.1) is 6.61 Å². The van der Waals surface area contributed by atoms with Gasteiger partial charge in [-0.1, -0.05) is 0 Å². The van der Waals surface area contributed by atoms with Gasteiger partial charge in [-0.05, 0) is 44.5 Å². The van der Waals surface area contributed by atoms with E-state index < -0.39 is 12.0 Å². The summed E-state index contributed by atoms with van der Waals surface area (Å²) in [6.07, 6.45) is 0. The summed E-state index contributed by atoms with van der Waals surface area (Å²) in [7, 11) is 0. The molecule has 21 heavy (non-hydrogen) atoms. The van der Waals surface area contributed by atoms with E-state index >= 15 is 0 Å². The van der Waals surface area contributed by atoms with Crippen molar-refractivity contribution in [1.82, 2.24) is 4.98 Å². The molecule has 1 atom stereocenters. The smallest absolute Gasteiger partial charge is 0.335 e. The van der Waals surface area contributed by atoms with E-state index in [-0.39, 0.29) is 12.4 Å². The molecule has 0 aliphatic carbocycles. The molecule has 112 valence electrons. The van der Waals surface area contributed by atoms with E-state index in [9.17, 15) is 9.18 Å². The number of hydrogen-bond acceptors (Lipinski definition) is 5. The number of halogens is 1. The Balaban J connectivity index is 2.29. The maximum absolute atomic E-state index is 13.5. The Morgan fingerprint density at radius 1 is 1.43 bits per heavy atom. The quantitative estimate of drug-likeness (QED) is 0.857. The number of anilines is 1. The average molecular weight is 308 g/mol. The molecule has 0 fully saturated rings. The molecule has 0 amide bonds. The standard InChI is InChI=1S/C15H17FN2O2S/c1-4-20-15(19)13(14-17-10(3)8-21-14)18-12-6-9(2)5-11(16)7-12/h5-8,13,18H,4H2,1-3H3. The van der Waals surface area contributed by atoms with Crippen molar-refractivity contribution < 1.29 is 13.9 Å². The molecule has 0 radical (unpaired) electrons. The molecule has 4 nitrogen and oxygen atoms in total. The molecule has 1 aromatic carbocycles. The van der Waals surface area contributed by atoms with Gasteiger partial charge in [0.1, 0.15) is 10.8 Å². The lowest BCUT2D eigenvalue weighted by atomic mass is 10.2. The highest BCUT2D eigenvalue weighted by Crippen LogP contribution is 2.25. The zero-order valence-electron chi connectivity index (χ0n) is 12.1. The number of benzene rings is 1. The topological polar surface area (TPSA) is 51.2 Å². The van der Waals surface area contributed by atoms with Crippen LogP contribution in [0.3, 0.4) is 0 Å². The maximum atomic E-state index is 13.5. The summed E-state index contributed by atoms with van der Waals surface area (Å²) in [5.74, 6) is -0.774. The molecule has 0 bridgehead atoms. The van der Waals surface area contributed by atoms with Gasteiger partial charge in [0.25, 0.3) is 0 Å². The summed E-state index contributed by atoms with van der Waals surface area (Å²) in [6.45, 7) is 5.67. The summed E-state index contributed by atoms with van der Waals surface area (Å²) in [5.41, 5.74) is 2.13. The van der Waals surface area contributed by atoms with Crippen molar-refractivity contribution in [3.8, 4) is 0 Å². The third-order valence-electron chi connectivity index (χ3n) is 2.76. The lowest BCUT2D eigenvalue weighted by Gasteiger charge is -2.16. The first-order valence-corrected chi connectivity index (χ1v) is 7.50. The highest BCUT2D eigenvalue weighted by Gasteiger charge is 2.25. The molecule has 0 aliphatic heterocycles. The molecule has 2 rings (SSSR count). The van der Waals surface area contributed by atoms with Gasteiger partial charge in [-0.15, -0.1) is 11.3 Å². The average Bonchev–Trinajstić information content (AvgIpc) is 2.81. The Morgan fingerprint density at radius 3 is 2.76 bits per heavy atom. The van der Waals surface area contributed by atoms with Crippen LogP contribution in [0.1, 0.15) is 29.2 Å². The molecular weight excluding hydrogens is 291 g/mol. The molecule has 0 aliphatic rings. The predicted octanol–water partition coefficient (Wildman–Crippen LogP) is 3.62. The van der Waals surface area contributed by atoms with E-state index in [0.29, 0.717) is 10.7 Å². The van der Waals surface area contributed by atoms with E-state index in [2.05, 4.69) is 10.3 Å². The van der Waals surface area contributed by atoms with Crippen molar-refractivity contribution >= 4 is 23.0 Å². The van der Waals surface area contributed by atoms with Gasteiger partial charge < -0.3 is 10.1 Å². The fourth-order valence-electron chi connectivity index (χ4n) is 1.94. The molecule has 1 N–H and O–H groups in total. The second-order valence-electron chi connectivity index (χ2n) is 4.67. The van der Waals surface area contributed by atoms with Crippen LogP contribution >= 0.6 is 11.3 Å². The number of ether oxygens (including phenoxy) is 1. The van der Waals surface area contributed by atoms with Crippen LogP contribution in [0.15, 0.2) is 23.6 Å². The molecule has 1 heterocycles. The van der Waals surface area contributed by atoms with Crippen LogP contribution in [-0.4, -0.2) is 17.6 Å². The molecule has 0 saturated carbocycles. The fraction of sp³-hybridized carbons (Fsp3) is 0.333. The van der Waals surface area contributed by atoms with Crippen molar-refractivity contribution in [2.75, 3.05) is 11.9 Å². The van der Waals surface area contributed by atoms with E-state index in [1.807, 2.05) is 12.3 Å². The highest BCUT2D eigenvalue weighted by atomic mass is 32.1. The van der Waals surface area contributed by atoms with Crippen LogP contribution < -0.4 is 5.32 Å². The van der Waals surface area contributed by atoms with Crippen molar-refractivity contribution in [2.24, 2.45) is 0 Å². The zero-order valence-corrected chi connectivity index (χ0v) is 13.0. The molecule has 1 aromatic heterocycles. The first-order chi connectivity index (χ1) is 9.99. The number of esters is 1. The van der Waals surface area contributed by atoms with Crippen LogP contribution in [0.2, 0.25) is 0 Å². The van der Waals surface area contributed by atoms with Gasteiger partial charge in [0.15, 0.2) is 6.04 Å². The van der Waals surface area contributed by atoms with Crippen LogP contribution in [0, 0.1) is 19.7 Å². The molecule has 6 heteroatoms. The van der Waals surface area contributed by atoms with Crippen LogP contribution in [-0.2, 0) is 9.53 Å². The van der Waals surface area contributed by atoms with Crippen molar-refractivity contribution in [3.05, 3.63) is 45.7 Å². The predicted molar refractivity (Wildman–Crippen MR) is 81.0 cm³/mol. The third-order valence-corrected chi connectivity index (χ3v) is 3.79. The Hall–Kier alpha value is -1.95. The third kappa shape index (κ3) is 4.01. The fourth-order valence-corrected chi connectivity index (χ4v) is 2.77. The monoisotopic (exact) mass is 308 g/mol. The number of aromatic nitrogens is 1. The molecule has 1 unspecified atom stereocenters. The summed E-state index contributed by atoms with van der Waals surface area (Å²) >= 11 is 1.37. The summed E-state index contributed by atoms with van der Waals surface area (Å²) in [6, 6.07) is 3.82. The minimum absolute atomic E-state index is 0.281. The minimum Gasteiger partial charge on any atom is -0.464 e. The van der Waals surface area contributed by atoms with Crippen LogP contribution in [0.5, 0.6) is 0 Å². The number of thiazole rings is 1. The molecule has 0 saturated heterocycles. The SMILES string of the molecule is CCOC(=O)C(Nc1cc(C)cc(F)c1)c1nc(C)cs1. The van der Waals surface area contributed by atoms with Gasteiger partial charge in [0, 0.05) is 16.8 Å². The molecule has 2 aromatic rings. The zero-order chi connectivity index (χ0) is 15.4. The summed E-state index contributed by atoms with van der Waals surface area (Å²) in [5, 5.41) is 5.47. The number of nitrogens with one attached hydrogen (secondary N) is 1. The molecular formula is C15H17FN2O2S. The normalized spacial score (nSPS) is 12.0. The van der Waals surface area contributed by atoms with Crippen molar-refractivity contribution in [2.45, 2.75) is 26.8 Å². The van der Waals surface area contributed by atoms with Crippen molar-refractivity contribution in [1.29, 1.82) is 0 Å². The van der Waals surface area contributed by atoms with Gasteiger partial charge in [0.2, 0.25) is 0 Å². The highest BCUT2D eigenvalue weighted by molar-refractivity contribution is 7.09. The minimum atomic E-state index is -0.732. The van der Waals surface area contributed by atoms with Crippen LogP contribution in [0.25, 0.3) is 0 Å². The molecule has 0 spiro atoms. The van der Waals surface area contributed by atoms with E-state index in [4.69, 9.17) is 4.74 Å². The maximum Gasteiger partial charge on any atom is 0.335 e. The first-order valence-electron chi connectivity index (χ1n) is 6.62. The van der Waals surface area contributed by atoms with Crippen LogP contribution in [0.4, 0.5) is 10.1 Å². The number of carbonyl (C=O) groups excluding carboxylic acids is 1. The Bertz CT molecular complexity index is 622. The lowest BCUT2D eigenvalue weighted by molar-refractivity contribution is -0.144. The number of nitrogens with zero attached hydrogens (tertiary/aromatic N) is 1. The van der Waals surface area contributed by atoms with Crippen molar-refractivity contribution in [3.63, 3.8) is 0 Å². The van der Waals surface area contributed by atoms with Gasteiger partial charge in [-0.3, -0.25) is 0 Å². The van der Waals surface area contributed by atoms with Gasteiger partial charge in [-0.25, -0.2) is 14.2 Å². The van der Waals surface area contributed by atoms with E-state index in [1.54, 1.807) is 19.9 Å². The second kappa shape index (κ2) is 6.67. The number of aryl methyl sites for hydroxylation is 2. The summed E-state index contributed by atoms with van der Waals surface area (Å²) in [4.78, 5) is 16.4. The lowest BCUT2D eigenvalue weighted by Crippen LogP contribution is -2.23. The summed E-state index contributed by atoms with van der Waals surface area (Å²) < 4.78 is 18.5. The van der Waals surface area contributed by atoms with Gasteiger partial charge in [-0.2, -0.15) is 0 Å². The number of carbonyl (C=O) groups is 1. The van der Waals surface area contributed by atoms with E-state index in [0.717, 1.165) is 11.3 Å². The first kappa shape index (κ1) is 15.4. The number of rotatable bonds is 5. The largest absolute Gasteiger partial charge is 0.464 e. The second-order valence-corrected chi connectivity index (χ2v) is 5.56. The van der Waals surface area contributed by atoms with Gasteiger partial charge >= 0.3 is 5.97 Å². The Kier molecular flexibility index (Phi) is 4.90.